The highest BCUT2D eigenvalue weighted by Crippen LogP contribution is 2.49. The molecule has 0 aromatic heterocycles. The first-order valence-corrected chi connectivity index (χ1v) is 7.18. The molecule has 2 fully saturated rings. The summed E-state index contributed by atoms with van der Waals surface area (Å²) >= 11 is 0. The highest BCUT2D eigenvalue weighted by Gasteiger charge is 2.49. The highest BCUT2D eigenvalue weighted by molar-refractivity contribution is 5.85. The minimum absolute atomic E-state index is 0.0364. The summed E-state index contributed by atoms with van der Waals surface area (Å²) < 4.78 is 12.9. The van der Waals surface area contributed by atoms with Crippen LogP contribution in [0.5, 0.6) is 0 Å². The summed E-state index contributed by atoms with van der Waals surface area (Å²) in [6, 6.07) is 6.26. The molecule has 0 spiro atoms. The Morgan fingerprint density at radius 3 is 2.57 bits per heavy atom. The fraction of sp³-hybridized carbons (Fsp3) is 0.500. The van der Waals surface area contributed by atoms with E-state index in [1.165, 1.54) is 12.1 Å². The molecule has 2 aliphatic rings. The van der Waals surface area contributed by atoms with Gasteiger partial charge in [0.25, 0.3) is 0 Å². The second-order valence-corrected chi connectivity index (χ2v) is 6.38. The third-order valence-corrected chi connectivity index (χ3v) is 4.71. The van der Waals surface area contributed by atoms with Gasteiger partial charge in [0.2, 0.25) is 5.91 Å². The van der Waals surface area contributed by atoms with Gasteiger partial charge in [-0.3, -0.25) is 9.59 Å². The molecule has 112 valence electrons. The van der Waals surface area contributed by atoms with Gasteiger partial charge in [-0.2, -0.15) is 0 Å². The molecule has 1 aliphatic heterocycles. The van der Waals surface area contributed by atoms with Crippen LogP contribution in [0.4, 0.5) is 4.39 Å². The largest absolute Gasteiger partial charge is 0.481 e. The quantitative estimate of drug-likeness (QED) is 0.929. The van der Waals surface area contributed by atoms with Crippen molar-refractivity contribution in [1.29, 1.82) is 0 Å². The molecule has 1 heterocycles. The summed E-state index contributed by atoms with van der Waals surface area (Å²) in [7, 11) is 0. The number of amides is 1. The van der Waals surface area contributed by atoms with Crippen LogP contribution in [0.2, 0.25) is 0 Å². The van der Waals surface area contributed by atoms with Gasteiger partial charge in [0.15, 0.2) is 0 Å². The summed E-state index contributed by atoms with van der Waals surface area (Å²) in [5.74, 6) is -1.02. The maximum absolute atomic E-state index is 12.9. The number of carboxylic acid groups (broad SMARTS) is 1. The Morgan fingerprint density at radius 2 is 2.00 bits per heavy atom. The lowest BCUT2D eigenvalue weighted by molar-refractivity contribution is -0.147. The van der Waals surface area contributed by atoms with Crippen molar-refractivity contribution >= 4 is 11.9 Å². The number of benzene rings is 1. The molecule has 1 N–H and O–H groups in total. The molecule has 1 saturated heterocycles. The molecule has 5 heteroatoms. The normalized spacial score (nSPS) is 31.2. The maximum atomic E-state index is 12.9. The molecule has 1 saturated carbocycles. The summed E-state index contributed by atoms with van der Waals surface area (Å²) in [4.78, 5) is 25.3. The fourth-order valence-electron chi connectivity index (χ4n) is 3.10. The SMILES string of the molecule is C[C@]1(C(=O)O)CCN(C(=O)[C@@H]2C[C@@H]2c2ccc(F)cc2)C1. The van der Waals surface area contributed by atoms with Gasteiger partial charge < -0.3 is 10.0 Å². The van der Waals surface area contributed by atoms with E-state index in [1.807, 2.05) is 0 Å². The number of hydrogen-bond donors (Lipinski definition) is 1. The average Bonchev–Trinajstić information content (AvgIpc) is 3.14. The van der Waals surface area contributed by atoms with Crippen molar-refractivity contribution in [2.45, 2.75) is 25.7 Å². The number of nitrogens with zero attached hydrogens (tertiary/aromatic N) is 1. The minimum atomic E-state index is -0.844. The molecule has 0 radical (unpaired) electrons. The second-order valence-electron chi connectivity index (χ2n) is 6.38. The van der Waals surface area contributed by atoms with Crippen LogP contribution in [-0.2, 0) is 9.59 Å². The van der Waals surface area contributed by atoms with Crippen LogP contribution in [0.1, 0.15) is 31.2 Å². The lowest BCUT2D eigenvalue weighted by Gasteiger charge is -2.20. The Hall–Kier alpha value is -1.91. The Labute approximate surface area is 122 Å². The van der Waals surface area contributed by atoms with Crippen LogP contribution in [0.15, 0.2) is 24.3 Å². The van der Waals surface area contributed by atoms with E-state index in [2.05, 4.69) is 0 Å². The molecule has 21 heavy (non-hydrogen) atoms. The third kappa shape index (κ3) is 2.52. The Kier molecular flexibility index (Phi) is 3.23. The standard InChI is InChI=1S/C16H18FNO3/c1-16(15(20)21)6-7-18(9-16)14(19)13-8-12(13)10-2-4-11(17)5-3-10/h2-5,12-13H,6-9H2,1H3,(H,20,21)/t12-,13-,16+/m1/s1. The minimum Gasteiger partial charge on any atom is -0.481 e. The topological polar surface area (TPSA) is 57.6 Å². The zero-order chi connectivity index (χ0) is 15.2. The first-order valence-electron chi connectivity index (χ1n) is 7.18. The number of rotatable bonds is 3. The number of likely N-dealkylation sites (tertiary alicyclic amines) is 1. The molecular formula is C16H18FNO3. The summed E-state index contributed by atoms with van der Waals surface area (Å²) in [6.45, 7) is 2.48. The van der Waals surface area contributed by atoms with Gasteiger partial charge >= 0.3 is 5.97 Å². The number of carbonyl (C=O) groups is 2. The van der Waals surface area contributed by atoms with Gasteiger partial charge in [0, 0.05) is 19.0 Å². The predicted octanol–water partition coefficient (Wildman–Crippen LogP) is 2.25. The zero-order valence-corrected chi connectivity index (χ0v) is 11.9. The molecule has 1 aromatic carbocycles. The van der Waals surface area contributed by atoms with E-state index in [0.717, 1.165) is 12.0 Å². The van der Waals surface area contributed by atoms with Gasteiger partial charge in [0.1, 0.15) is 5.82 Å². The van der Waals surface area contributed by atoms with Crippen molar-refractivity contribution in [3.05, 3.63) is 35.6 Å². The Bertz CT molecular complexity index is 586. The van der Waals surface area contributed by atoms with Crippen LogP contribution >= 0.6 is 0 Å². The number of carbonyl (C=O) groups excluding carboxylic acids is 1. The molecule has 0 bridgehead atoms. The van der Waals surface area contributed by atoms with E-state index in [-0.39, 0.29) is 30.1 Å². The van der Waals surface area contributed by atoms with Crippen molar-refractivity contribution < 1.29 is 19.1 Å². The summed E-state index contributed by atoms with van der Waals surface area (Å²) in [6.07, 6.45) is 1.27. The van der Waals surface area contributed by atoms with E-state index in [1.54, 1.807) is 24.0 Å². The van der Waals surface area contributed by atoms with Gasteiger partial charge in [-0.1, -0.05) is 12.1 Å². The molecule has 0 unspecified atom stereocenters. The van der Waals surface area contributed by atoms with Gasteiger partial charge in [-0.25, -0.2) is 4.39 Å². The summed E-state index contributed by atoms with van der Waals surface area (Å²) in [5, 5.41) is 9.21. The number of halogens is 1. The smallest absolute Gasteiger partial charge is 0.311 e. The first kappa shape index (κ1) is 14.0. The van der Waals surface area contributed by atoms with Gasteiger partial charge in [-0.05, 0) is 43.4 Å². The van der Waals surface area contributed by atoms with Crippen molar-refractivity contribution in [2.24, 2.45) is 11.3 Å². The number of aliphatic carboxylic acids is 1. The number of carboxylic acids is 1. The summed E-state index contributed by atoms with van der Waals surface area (Å²) in [5.41, 5.74) is 0.158. The second kappa shape index (κ2) is 4.83. The van der Waals surface area contributed by atoms with Crippen molar-refractivity contribution in [3.63, 3.8) is 0 Å². The van der Waals surface area contributed by atoms with Crippen molar-refractivity contribution in [3.8, 4) is 0 Å². The van der Waals surface area contributed by atoms with E-state index in [4.69, 9.17) is 0 Å². The first-order chi connectivity index (χ1) is 9.90. The molecule has 3 rings (SSSR count). The molecule has 1 aliphatic carbocycles. The van der Waals surface area contributed by atoms with Crippen molar-refractivity contribution in [1.82, 2.24) is 4.90 Å². The van der Waals surface area contributed by atoms with Crippen LogP contribution in [0, 0.1) is 17.2 Å². The van der Waals surface area contributed by atoms with Crippen LogP contribution < -0.4 is 0 Å². The van der Waals surface area contributed by atoms with Crippen molar-refractivity contribution in [2.75, 3.05) is 13.1 Å². The highest BCUT2D eigenvalue weighted by atomic mass is 19.1. The lowest BCUT2D eigenvalue weighted by Crippen LogP contribution is -2.35. The monoisotopic (exact) mass is 291 g/mol. The molecule has 1 aromatic rings. The predicted molar refractivity (Wildman–Crippen MR) is 74.2 cm³/mol. The molecule has 4 nitrogen and oxygen atoms in total. The molecular weight excluding hydrogens is 273 g/mol. The molecule has 3 atom stereocenters. The third-order valence-electron chi connectivity index (χ3n) is 4.71. The van der Waals surface area contributed by atoms with Gasteiger partial charge in [-0.15, -0.1) is 0 Å². The van der Waals surface area contributed by atoms with E-state index < -0.39 is 11.4 Å². The fourth-order valence-corrected chi connectivity index (χ4v) is 3.10. The Balaban J connectivity index is 1.64. The van der Waals surface area contributed by atoms with E-state index in [0.29, 0.717) is 13.0 Å². The molecule has 1 amide bonds. The lowest BCUT2D eigenvalue weighted by atomic mass is 9.90. The van der Waals surface area contributed by atoms with E-state index in [9.17, 15) is 19.1 Å². The van der Waals surface area contributed by atoms with Crippen LogP contribution in [0.3, 0.4) is 0 Å². The average molecular weight is 291 g/mol. The van der Waals surface area contributed by atoms with Gasteiger partial charge in [0.05, 0.1) is 5.41 Å². The number of hydrogen-bond acceptors (Lipinski definition) is 2. The van der Waals surface area contributed by atoms with Crippen LogP contribution in [0.25, 0.3) is 0 Å². The van der Waals surface area contributed by atoms with Crippen LogP contribution in [-0.4, -0.2) is 35.0 Å². The van der Waals surface area contributed by atoms with E-state index >= 15 is 0 Å². The Morgan fingerprint density at radius 1 is 1.33 bits per heavy atom. The maximum Gasteiger partial charge on any atom is 0.311 e. The zero-order valence-electron chi connectivity index (χ0n) is 11.9.